The molecule has 1 amide bonds. The summed E-state index contributed by atoms with van der Waals surface area (Å²) in [4.78, 5) is 14.2. The zero-order valence-corrected chi connectivity index (χ0v) is 12.2. The first-order valence-electron chi connectivity index (χ1n) is 7.57. The first kappa shape index (κ1) is 13.9. The van der Waals surface area contributed by atoms with Gasteiger partial charge in [-0.25, -0.2) is 0 Å². The summed E-state index contributed by atoms with van der Waals surface area (Å²) in [5, 5.41) is 3.52. The molecule has 0 bridgehead atoms. The molecule has 2 aliphatic carbocycles. The summed E-state index contributed by atoms with van der Waals surface area (Å²) >= 11 is 0. The molecule has 1 N–H and O–H groups in total. The van der Waals surface area contributed by atoms with Crippen molar-refractivity contribution >= 4 is 5.91 Å². The molecule has 1 atom stereocenters. The van der Waals surface area contributed by atoms with Crippen molar-refractivity contribution in [1.29, 1.82) is 0 Å². The van der Waals surface area contributed by atoms with Crippen molar-refractivity contribution in [3.63, 3.8) is 0 Å². The molecule has 3 nitrogen and oxygen atoms in total. The van der Waals surface area contributed by atoms with Gasteiger partial charge in [0.25, 0.3) is 0 Å². The van der Waals surface area contributed by atoms with Gasteiger partial charge in [-0.05, 0) is 38.0 Å². The fourth-order valence-corrected chi connectivity index (χ4v) is 3.21. The summed E-state index contributed by atoms with van der Waals surface area (Å²) in [6, 6.07) is 1.05. The predicted octanol–water partition coefficient (Wildman–Crippen LogP) is 2.56. The molecular formula is C15H28N2O. The summed E-state index contributed by atoms with van der Waals surface area (Å²) in [5.41, 5.74) is 0.342. The van der Waals surface area contributed by atoms with Gasteiger partial charge in [-0.1, -0.05) is 26.7 Å². The molecule has 0 spiro atoms. The Morgan fingerprint density at radius 2 is 2.00 bits per heavy atom. The number of carbonyl (C=O) groups excluding carboxylic acids is 1. The highest BCUT2D eigenvalue weighted by molar-refractivity contribution is 5.78. The van der Waals surface area contributed by atoms with Crippen molar-refractivity contribution in [3.05, 3.63) is 0 Å². The highest BCUT2D eigenvalue weighted by atomic mass is 16.2. The van der Waals surface area contributed by atoms with E-state index in [1.165, 1.54) is 38.5 Å². The van der Waals surface area contributed by atoms with Crippen LogP contribution in [0.15, 0.2) is 0 Å². The summed E-state index contributed by atoms with van der Waals surface area (Å²) < 4.78 is 0. The van der Waals surface area contributed by atoms with Crippen LogP contribution >= 0.6 is 0 Å². The van der Waals surface area contributed by atoms with Crippen LogP contribution in [-0.4, -0.2) is 36.0 Å². The second-order valence-corrected chi connectivity index (χ2v) is 6.58. The topological polar surface area (TPSA) is 32.3 Å². The Balaban J connectivity index is 1.81. The number of nitrogens with zero attached hydrogens (tertiary/aromatic N) is 1. The van der Waals surface area contributed by atoms with Crippen LogP contribution < -0.4 is 5.32 Å². The van der Waals surface area contributed by atoms with E-state index in [1.807, 2.05) is 4.90 Å². The van der Waals surface area contributed by atoms with Crippen LogP contribution in [0.25, 0.3) is 0 Å². The van der Waals surface area contributed by atoms with E-state index in [0.717, 1.165) is 6.54 Å². The largest absolute Gasteiger partial charge is 0.339 e. The SMILES string of the molecule is CCN(C(=O)CNC1CCCCC1(C)C)C1CC1. The number of nitrogens with one attached hydrogen (secondary N) is 1. The molecule has 18 heavy (non-hydrogen) atoms. The molecule has 104 valence electrons. The number of hydrogen-bond acceptors (Lipinski definition) is 2. The van der Waals surface area contributed by atoms with Gasteiger partial charge in [-0.15, -0.1) is 0 Å². The average Bonchev–Trinajstić information content (AvgIpc) is 3.12. The van der Waals surface area contributed by atoms with E-state index in [2.05, 4.69) is 26.1 Å². The maximum Gasteiger partial charge on any atom is 0.236 e. The highest BCUT2D eigenvalue weighted by Crippen LogP contribution is 2.35. The number of likely N-dealkylation sites (N-methyl/N-ethyl adjacent to an activating group) is 1. The van der Waals surface area contributed by atoms with Crippen LogP contribution in [0.2, 0.25) is 0 Å². The highest BCUT2D eigenvalue weighted by Gasteiger charge is 2.34. The standard InChI is InChI=1S/C15H28N2O/c1-4-17(12-8-9-12)14(18)11-16-13-7-5-6-10-15(13,2)3/h12-13,16H,4-11H2,1-3H3. The van der Waals surface area contributed by atoms with Gasteiger partial charge in [-0.2, -0.15) is 0 Å². The summed E-state index contributed by atoms with van der Waals surface area (Å²) in [5.74, 6) is 0.293. The Kier molecular flexibility index (Phi) is 4.31. The molecule has 2 rings (SSSR count). The Hall–Kier alpha value is -0.570. The molecular weight excluding hydrogens is 224 g/mol. The van der Waals surface area contributed by atoms with E-state index < -0.39 is 0 Å². The van der Waals surface area contributed by atoms with E-state index in [4.69, 9.17) is 0 Å². The molecule has 0 aromatic carbocycles. The van der Waals surface area contributed by atoms with Crippen LogP contribution in [0, 0.1) is 5.41 Å². The fourth-order valence-electron chi connectivity index (χ4n) is 3.21. The Bertz CT molecular complexity index is 297. The predicted molar refractivity (Wildman–Crippen MR) is 74.4 cm³/mol. The monoisotopic (exact) mass is 252 g/mol. The molecule has 1 unspecified atom stereocenters. The van der Waals surface area contributed by atoms with Crippen molar-refractivity contribution in [2.45, 2.75) is 71.4 Å². The number of amides is 1. The first-order chi connectivity index (χ1) is 8.54. The molecule has 0 radical (unpaired) electrons. The van der Waals surface area contributed by atoms with Gasteiger partial charge >= 0.3 is 0 Å². The van der Waals surface area contributed by atoms with Gasteiger partial charge in [0.15, 0.2) is 0 Å². The lowest BCUT2D eigenvalue weighted by atomic mass is 9.73. The maximum absolute atomic E-state index is 12.2. The molecule has 0 saturated heterocycles. The minimum atomic E-state index is 0.293. The molecule has 0 heterocycles. The first-order valence-corrected chi connectivity index (χ1v) is 7.57. The third-order valence-electron chi connectivity index (χ3n) is 4.66. The van der Waals surface area contributed by atoms with Crippen molar-refractivity contribution in [2.24, 2.45) is 5.41 Å². The molecule has 0 aromatic rings. The third kappa shape index (κ3) is 3.25. The van der Waals surface area contributed by atoms with E-state index in [0.29, 0.717) is 30.0 Å². The molecule has 0 aromatic heterocycles. The number of carbonyl (C=O) groups is 1. The van der Waals surface area contributed by atoms with Gasteiger partial charge in [0.2, 0.25) is 5.91 Å². The minimum absolute atomic E-state index is 0.293. The number of rotatable bonds is 5. The normalized spacial score (nSPS) is 26.9. The van der Waals surface area contributed by atoms with Gasteiger partial charge in [-0.3, -0.25) is 4.79 Å². The van der Waals surface area contributed by atoms with Crippen molar-refractivity contribution in [3.8, 4) is 0 Å². The average molecular weight is 252 g/mol. The van der Waals surface area contributed by atoms with Crippen LogP contribution in [-0.2, 0) is 4.79 Å². The summed E-state index contributed by atoms with van der Waals surface area (Å²) in [6.45, 7) is 8.12. The lowest BCUT2D eigenvalue weighted by Crippen LogP contribution is -2.48. The smallest absolute Gasteiger partial charge is 0.236 e. The van der Waals surface area contributed by atoms with Gasteiger partial charge in [0, 0.05) is 18.6 Å². The lowest BCUT2D eigenvalue weighted by Gasteiger charge is -2.39. The maximum atomic E-state index is 12.2. The van der Waals surface area contributed by atoms with Gasteiger partial charge in [0.1, 0.15) is 0 Å². The molecule has 0 aliphatic heterocycles. The molecule has 2 fully saturated rings. The lowest BCUT2D eigenvalue weighted by molar-refractivity contribution is -0.130. The van der Waals surface area contributed by atoms with Crippen LogP contribution in [0.1, 0.15) is 59.3 Å². The van der Waals surface area contributed by atoms with Crippen LogP contribution in [0.5, 0.6) is 0 Å². The van der Waals surface area contributed by atoms with Crippen molar-refractivity contribution in [2.75, 3.05) is 13.1 Å². The summed E-state index contributed by atoms with van der Waals surface area (Å²) in [7, 11) is 0. The molecule has 2 aliphatic rings. The van der Waals surface area contributed by atoms with E-state index in [9.17, 15) is 4.79 Å². The Morgan fingerprint density at radius 1 is 1.28 bits per heavy atom. The van der Waals surface area contributed by atoms with Crippen LogP contribution in [0.4, 0.5) is 0 Å². The zero-order valence-electron chi connectivity index (χ0n) is 12.2. The Labute approximate surface area is 111 Å². The third-order valence-corrected chi connectivity index (χ3v) is 4.66. The second-order valence-electron chi connectivity index (χ2n) is 6.58. The zero-order chi connectivity index (χ0) is 13.2. The summed E-state index contributed by atoms with van der Waals surface area (Å²) in [6.07, 6.45) is 7.54. The van der Waals surface area contributed by atoms with Crippen molar-refractivity contribution < 1.29 is 4.79 Å². The number of hydrogen-bond donors (Lipinski definition) is 1. The second kappa shape index (κ2) is 5.60. The van der Waals surface area contributed by atoms with E-state index in [-0.39, 0.29) is 0 Å². The van der Waals surface area contributed by atoms with E-state index >= 15 is 0 Å². The quantitative estimate of drug-likeness (QED) is 0.815. The molecule has 3 heteroatoms. The minimum Gasteiger partial charge on any atom is -0.339 e. The van der Waals surface area contributed by atoms with E-state index in [1.54, 1.807) is 0 Å². The fraction of sp³-hybridized carbons (Fsp3) is 0.933. The molecule has 2 saturated carbocycles. The van der Waals surface area contributed by atoms with Gasteiger partial charge < -0.3 is 10.2 Å². The Morgan fingerprint density at radius 3 is 2.56 bits per heavy atom. The van der Waals surface area contributed by atoms with Crippen molar-refractivity contribution in [1.82, 2.24) is 10.2 Å². The van der Waals surface area contributed by atoms with Gasteiger partial charge in [0.05, 0.1) is 6.54 Å². The van der Waals surface area contributed by atoms with Crippen LogP contribution in [0.3, 0.4) is 0 Å².